The zero-order valence-corrected chi connectivity index (χ0v) is 26.1. The number of aliphatic imine (C=N–C) groups is 1. The van der Waals surface area contributed by atoms with E-state index in [9.17, 15) is 14.4 Å². The number of methoxy groups -OCH3 is 1. The van der Waals surface area contributed by atoms with E-state index in [0.29, 0.717) is 33.7 Å². The molecule has 3 N–H and O–H groups in total. The van der Waals surface area contributed by atoms with Crippen LogP contribution in [0.5, 0.6) is 5.75 Å². The number of ether oxygens (including phenoxy) is 1. The van der Waals surface area contributed by atoms with Crippen molar-refractivity contribution in [1.82, 2.24) is 25.4 Å². The molecule has 1 unspecified atom stereocenters. The summed E-state index contributed by atoms with van der Waals surface area (Å²) in [7, 11) is -0.930. The van der Waals surface area contributed by atoms with Crippen molar-refractivity contribution in [2.45, 2.75) is 32.5 Å². The first-order valence-electron chi connectivity index (χ1n) is 13.9. The highest BCUT2D eigenvalue weighted by atomic mass is 35.5. The van der Waals surface area contributed by atoms with Crippen molar-refractivity contribution in [2.24, 2.45) is 4.99 Å². The first kappa shape index (κ1) is 30.1. The molecule has 0 saturated carbocycles. The van der Waals surface area contributed by atoms with E-state index in [1.54, 1.807) is 50.5 Å². The van der Waals surface area contributed by atoms with Gasteiger partial charge in [0.05, 0.1) is 24.9 Å². The van der Waals surface area contributed by atoms with Gasteiger partial charge in [-0.1, -0.05) is 35.9 Å². The quantitative estimate of drug-likeness (QED) is 0.195. The zero-order valence-electron chi connectivity index (χ0n) is 24.4. The van der Waals surface area contributed by atoms with E-state index >= 15 is 0 Å². The Bertz CT molecular complexity index is 1700. The first-order chi connectivity index (χ1) is 20.5. The number of nitrogens with zero attached hydrogens (tertiary/aromatic N) is 4. The summed E-state index contributed by atoms with van der Waals surface area (Å²) in [6.07, 6.45) is 0.0204. The Kier molecular flexibility index (Phi) is 8.76. The summed E-state index contributed by atoms with van der Waals surface area (Å²) in [5.41, 5.74) is 3.62. The SMILES string of the molecule is COc1ccc2c(c1)C(c1ccc(Cl)cc1)=NC(CC(=O)NCCNC(=O)c1cccc([Si](C)(C)O)c1)c1nnc(C)n1-2. The number of halogens is 1. The summed E-state index contributed by atoms with van der Waals surface area (Å²) in [6.45, 7) is 5.93. The molecule has 0 aliphatic carbocycles. The van der Waals surface area contributed by atoms with Crippen molar-refractivity contribution in [2.75, 3.05) is 20.2 Å². The Balaban J connectivity index is 1.34. The Labute approximate surface area is 255 Å². The Morgan fingerprint density at radius 3 is 2.49 bits per heavy atom. The summed E-state index contributed by atoms with van der Waals surface area (Å²) in [6, 6.07) is 19.5. The van der Waals surface area contributed by atoms with Gasteiger partial charge in [-0.05, 0) is 67.7 Å². The van der Waals surface area contributed by atoms with Crippen LogP contribution in [0.3, 0.4) is 0 Å². The topological polar surface area (TPSA) is 131 Å². The number of benzene rings is 3. The molecule has 2 heterocycles. The maximum Gasteiger partial charge on any atom is 0.251 e. The minimum absolute atomic E-state index is 0.0204. The van der Waals surface area contributed by atoms with Crippen molar-refractivity contribution >= 4 is 42.6 Å². The number of rotatable bonds is 9. The molecule has 12 heteroatoms. The third kappa shape index (κ3) is 6.69. The van der Waals surface area contributed by atoms with E-state index < -0.39 is 14.4 Å². The molecule has 10 nitrogen and oxygen atoms in total. The fraction of sp³-hybridized carbons (Fsp3) is 0.258. The maximum atomic E-state index is 13.2. The smallest absolute Gasteiger partial charge is 0.251 e. The Hall–Kier alpha value is -4.32. The standard InChI is InChI=1S/C31H33ClN6O4Si/c1-19-36-37-30-26(18-28(39)33-14-15-34-31(40)21-6-5-7-24(16-21)43(3,4)41)35-29(20-8-10-22(32)11-9-20)25-17-23(42-2)12-13-27(25)38(19)30/h5-13,16-17,26,41H,14-15,18H2,1-4H3,(H,33,39)(H,34,40). The fourth-order valence-electron chi connectivity index (χ4n) is 4.95. The molecule has 0 spiro atoms. The van der Waals surface area contributed by atoms with Crippen LogP contribution in [0.1, 0.15) is 45.6 Å². The lowest BCUT2D eigenvalue weighted by Gasteiger charge is -2.15. The molecule has 1 aliphatic heterocycles. The minimum atomic E-state index is -2.54. The molecule has 0 fully saturated rings. The summed E-state index contributed by atoms with van der Waals surface area (Å²) in [5.74, 6) is 1.36. The highest BCUT2D eigenvalue weighted by Gasteiger charge is 2.30. The van der Waals surface area contributed by atoms with E-state index in [-0.39, 0.29) is 31.3 Å². The van der Waals surface area contributed by atoms with Crippen molar-refractivity contribution in [3.05, 3.63) is 100 Å². The van der Waals surface area contributed by atoms with Crippen molar-refractivity contribution in [1.29, 1.82) is 0 Å². The van der Waals surface area contributed by atoms with Gasteiger partial charge in [0.2, 0.25) is 14.2 Å². The van der Waals surface area contributed by atoms with Gasteiger partial charge in [-0.2, -0.15) is 0 Å². The summed E-state index contributed by atoms with van der Waals surface area (Å²) >= 11 is 6.17. The third-order valence-corrected chi connectivity index (χ3v) is 9.17. The lowest BCUT2D eigenvalue weighted by atomic mass is 10.00. The fourth-order valence-corrected chi connectivity index (χ4v) is 6.08. The number of nitrogens with one attached hydrogen (secondary N) is 2. The predicted octanol–water partition coefficient (Wildman–Crippen LogP) is 3.47. The van der Waals surface area contributed by atoms with Gasteiger partial charge in [0.1, 0.15) is 17.6 Å². The average molecular weight is 617 g/mol. The molecular weight excluding hydrogens is 584 g/mol. The van der Waals surface area contributed by atoms with Crippen molar-refractivity contribution in [3.8, 4) is 11.4 Å². The normalized spacial score (nSPS) is 14.2. The zero-order chi connectivity index (χ0) is 30.7. The molecule has 5 rings (SSSR count). The average Bonchev–Trinajstić information content (AvgIpc) is 3.31. The Morgan fingerprint density at radius 1 is 1.02 bits per heavy atom. The van der Waals surface area contributed by atoms with Gasteiger partial charge in [0, 0.05) is 34.8 Å². The lowest BCUT2D eigenvalue weighted by molar-refractivity contribution is -0.121. The van der Waals surface area contributed by atoms with Gasteiger partial charge in [0.25, 0.3) is 5.91 Å². The number of hydrogen-bond acceptors (Lipinski definition) is 7. The number of carbonyl (C=O) groups excluding carboxylic acids is 2. The number of hydrogen-bond donors (Lipinski definition) is 3. The van der Waals surface area contributed by atoms with Crippen LogP contribution >= 0.6 is 11.6 Å². The third-order valence-electron chi connectivity index (χ3n) is 7.19. The Morgan fingerprint density at radius 2 is 1.77 bits per heavy atom. The number of amides is 2. The summed E-state index contributed by atoms with van der Waals surface area (Å²) in [5, 5.41) is 15.8. The largest absolute Gasteiger partial charge is 0.497 e. The molecule has 1 aromatic heterocycles. The van der Waals surface area contributed by atoms with Crippen LogP contribution in [0, 0.1) is 6.92 Å². The van der Waals surface area contributed by atoms with Gasteiger partial charge in [-0.3, -0.25) is 19.1 Å². The number of fused-ring (bicyclic) bond motifs is 3. The monoisotopic (exact) mass is 616 g/mol. The highest BCUT2D eigenvalue weighted by Crippen LogP contribution is 2.34. The predicted molar refractivity (Wildman–Crippen MR) is 168 cm³/mol. The van der Waals surface area contributed by atoms with Crippen LogP contribution in [0.15, 0.2) is 71.7 Å². The summed E-state index contributed by atoms with van der Waals surface area (Å²) < 4.78 is 7.44. The van der Waals surface area contributed by atoms with Gasteiger partial charge in [-0.25, -0.2) is 0 Å². The molecule has 1 aliphatic rings. The van der Waals surface area contributed by atoms with Crippen molar-refractivity contribution < 1.29 is 19.1 Å². The molecule has 3 aromatic carbocycles. The number of aromatic nitrogens is 3. The van der Waals surface area contributed by atoms with Crippen LogP contribution in [0.4, 0.5) is 0 Å². The molecule has 222 valence electrons. The maximum absolute atomic E-state index is 13.2. The van der Waals surface area contributed by atoms with Crippen LogP contribution < -0.4 is 20.6 Å². The van der Waals surface area contributed by atoms with Gasteiger partial charge in [0.15, 0.2) is 5.82 Å². The second-order valence-electron chi connectivity index (χ2n) is 10.8. The van der Waals surface area contributed by atoms with Crippen LogP contribution in [-0.4, -0.2) is 65.6 Å². The molecule has 4 aromatic rings. The van der Waals surface area contributed by atoms with Crippen LogP contribution in [0.2, 0.25) is 18.1 Å². The van der Waals surface area contributed by atoms with Gasteiger partial charge >= 0.3 is 0 Å². The summed E-state index contributed by atoms with van der Waals surface area (Å²) in [4.78, 5) is 41.3. The van der Waals surface area contributed by atoms with Gasteiger partial charge < -0.3 is 20.2 Å². The van der Waals surface area contributed by atoms with E-state index in [1.807, 2.05) is 47.9 Å². The second kappa shape index (κ2) is 12.5. The lowest BCUT2D eigenvalue weighted by Crippen LogP contribution is -2.42. The molecule has 0 radical (unpaired) electrons. The van der Waals surface area contributed by atoms with Crippen LogP contribution in [-0.2, 0) is 4.79 Å². The number of carbonyl (C=O) groups is 2. The van der Waals surface area contributed by atoms with E-state index in [0.717, 1.165) is 22.0 Å². The van der Waals surface area contributed by atoms with Gasteiger partial charge in [-0.15, -0.1) is 10.2 Å². The molecular formula is C31H33ClN6O4Si. The van der Waals surface area contributed by atoms with E-state index in [1.165, 1.54) is 0 Å². The van der Waals surface area contributed by atoms with E-state index in [4.69, 9.17) is 21.3 Å². The second-order valence-corrected chi connectivity index (χ2v) is 14.9. The molecule has 0 bridgehead atoms. The molecule has 0 saturated heterocycles. The molecule has 43 heavy (non-hydrogen) atoms. The van der Waals surface area contributed by atoms with Crippen molar-refractivity contribution in [3.63, 3.8) is 0 Å². The number of aryl methyl sites for hydroxylation is 1. The van der Waals surface area contributed by atoms with E-state index in [2.05, 4.69) is 20.8 Å². The molecule has 2 amide bonds. The minimum Gasteiger partial charge on any atom is -0.497 e. The van der Waals surface area contributed by atoms with Crippen LogP contribution in [0.25, 0.3) is 5.69 Å². The first-order valence-corrected chi connectivity index (χ1v) is 17.2. The highest BCUT2D eigenvalue weighted by molar-refractivity contribution is 6.83. The molecule has 1 atom stereocenters.